The lowest BCUT2D eigenvalue weighted by Gasteiger charge is -2.29. The van der Waals surface area contributed by atoms with Gasteiger partial charge in [0.05, 0.1) is 18.0 Å². The Morgan fingerprint density at radius 1 is 1.06 bits per heavy atom. The van der Waals surface area contributed by atoms with Crippen LogP contribution in [0.15, 0.2) is 58.3 Å². The van der Waals surface area contributed by atoms with E-state index >= 15 is 0 Å². The first-order chi connectivity index (χ1) is 14.8. The van der Waals surface area contributed by atoms with Crippen LogP contribution in [0.3, 0.4) is 0 Å². The molecule has 3 rings (SSSR count). The number of carbonyl (C=O) groups excluding carboxylic acids is 1. The summed E-state index contributed by atoms with van der Waals surface area (Å²) < 4.78 is 32.3. The van der Waals surface area contributed by atoms with Gasteiger partial charge < -0.3 is 10.1 Å². The van der Waals surface area contributed by atoms with Crippen LogP contribution in [0.1, 0.15) is 39.5 Å². The fourth-order valence-electron chi connectivity index (χ4n) is 3.51. The van der Waals surface area contributed by atoms with Gasteiger partial charge in [0.15, 0.2) is 0 Å². The molecule has 0 spiro atoms. The van der Waals surface area contributed by atoms with Crippen molar-refractivity contribution in [2.24, 2.45) is 5.92 Å². The molecule has 8 heteroatoms. The Morgan fingerprint density at radius 2 is 1.74 bits per heavy atom. The number of hydrogen-bond acceptors (Lipinski definition) is 5. The summed E-state index contributed by atoms with van der Waals surface area (Å²) in [5, 5.41) is 2.62. The molecule has 0 aliphatic heterocycles. The van der Waals surface area contributed by atoms with Crippen molar-refractivity contribution in [1.82, 2.24) is 4.72 Å². The SMILES string of the molecule is COc1ccc(NC(=O)C2CCC(NS(=O)(=O)C(C)C)CC2)c(Sc2ccccc2)c1. The Morgan fingerprint density at radius 3 is 2.35 bits per heavy atom. The van der Waals surface area contributed by atoms with E-state index in [1.54, 1.807) is 32.7 Å². The predicted octanol–water partition coefficient (Wildman–Crippen LogP) is 4.67. The number of methoxy groups -OCH3 is 1. The standard InChI is InChI=1S/C23H30N2O4S2/c1-16(2)31(27,28)25-18-11-9-17(10-12-18)23(26)24-21-14-13-19(29-3)15-22(21)30-20-7-5-4-6-8-20/h4-8,13-18,25H,9-12H2,1-3H3,(H,24,26). The highest BCUT2D eigenvalue weighted by Gasteiger charge is 2.29. The minimum Gasteiger partial charge on any atom is -0.497 e. The number of benzene rings is 2. The second-order valence-electron chi connectivity index (χ2n) is 8.03. The Labute approximate surface area is 189 Å². The van der Waals surface area contributed by atoms with Gasteiger partial charge >= 0.3 is 0 Å². The fraction of sp³-hybridized carbons (Fsp3) is 0.435. The molecule has 2 N–H and O–H groups in total. The van der Waals surface area contributed by atoms with E-state index in [-0.39, 0.29) is 17.9 Å². The lowest BCUT2D eigenvalue weighted by Crippen LogP contribution is -2.42. The van der Waals surface area contributed by atoms with Gasteiger partial charge in [-0.25, -0.2) is 13.1 Å². The third-order valence-electron chi connectivity index (χ3n) is 5.47. The fourth-order valence-corrected chi connectivity index (χ4v) is 5.43. The van der Waals surface area contributed by atoms with E-state index in [1.165, 1.54) is 0 Å². The van der Waals surface area contributed by atoms with Crippen molar-refractivity contribution in [1.29, 1.82) is 0 Å². The first kappa shape index (κ1) is 23.6. The quantitative estimate of drug-likeness (QED) is 0.595. The average Bonchev–Trinajstić information content (AvgIpc) is 2.75. The van der Waals surface area contributed by atoms with Crippen LogP contribution >= 0.6 is 11.8 Å². The topological polar surface area (TPSA) is 84.5 Å². The van der Waals surface area contributed by atoms with E-state index in [1.807, 2.05) is 48.5 Å². The normalized spacial score (nSPS) is 19.2. The number of amides is 1. The summed E-state index contributed by atoms with van der Waals surface area (Å²) in [6.07, 6.45) is 2.65. The van der Waals surface area contributed by atoms with Gasteiger partial charge in [-0.15, -0.1) is 0 Å². The molecule has 0 radical (unpaired) electrons. The Kier molecular flexibility index (Phi) is 8.02. The monoisotopic (exact) mass is 462 g/mol. The molecular formula is C23H30N2O4S2. The van der Waals surface area contributed by atoms with Gasteiger partial charge in [-0.3, -0.25) is 4.79 Å². The number of rotatable bonds is 8. The second kappa shape index (κ2) is 10.5. The van der Waals surface area contributed by atoms with Crippen molar-refractivity contribution in [2.75, 3.05) is 12.4 Å². The van der Waals surface area contributed by atoms with Gasteiger partial charge in [0.2, 0.25) is 15.9 Å². The molecule has 0 bridgehead atoms. The molecule has 1 fully saturated rings. The van der Waals surface area contributed by atoms with Crippen molar-refractivity contribution in [3.8, 4) is 5.75 Å². The Hall–Kier alpha value is -2.03. The molecule has 1 aliphatic rings. The molecule has 2 aromatic rings. The predicted molar refractivity (Wildman–Crippen MR) is 125 cm³/mol. The maximum absolute atomic E-state index is 12.9. The van der Waals surface area contributed by atoms with Gasteiger partial charge in [0, 0.05) is 21.8 Å². The number of carbonyl (C=O) groups is 1. The summed E-state index contributed by atoms with van der Waals surface area (Å²) in [5.74, 6) is 0.580. The highest BCUT2D eigenvalue weighted by atomic mass is 32.2. The lowest BCUT2D eigenvalue weighted by molar-refractivity contribution is -0.120. The van der Waals surface area contributed by atoms with Gasteiger partial charge in [-0.1, -0.05) is 30.0 Å². The summed E-state index contributed by atoms with van der Waals surface area (Å²) in [5.41, 5.74) is 0.752. The van der Waals surface area contributed by atoms with Crippen molar-refractivity contribution < 1.29 is 17.9 Å². The summed E-state index contributed by atoms with van der Waals surface area (Å²) in [6, 6.07) is 15.5. The number of sulfonamides is 1. The van der Waals surface area contributed by atoms with Gasteiger partial charge in [0.25, 0.3) is 0 Å². The molecule has 1 saturated carbocycles. The summed E-state index contributed by atoms with van der Waals surface area (Å²) in [6.45, 7) is 3.34. The van der Waals surface area contributed by atoms with E-state index < -0.39 is 15.3 Å². The molecule has 0 unspecified atom stereocenters. The number of anilines is 1. The van der Waals surface area contributed by atoms with Crippen LogP contribution in [0.4, 0.5) is 5.69 Å². The van der Waals surface area contributed by atoms with Crippen molar-refractivity contribution in [3.05, 3.63) is 48.5 Å². The first-order valence-electron chi connectivity index (χ1n) is 10.5. The minimum atomic E-state index is -3.29. The zero-order chi connectivity index (χ0) is 22.4. The minimum absolute atomic E-state index is 0.0229. The lowest BCUT2D eigenvalue weighted by atomic mass is 9.86. The van der Waals surface area contributed by atoms with Gasteiger partial charge in [-0.2, -0.15) is 0 Å². The molecule has 1 aliphatic carbocycles. The summed E-state index contributed by atoms with van der Waals surface area (Å²) in [7, 11) is -1.67. The molecule has 0 saturated heterocycles. The van der Waals surface area contributed by atoms with E-state index in [2.05, 4.69) is 10.0 Å². The average molecular weight is 463 g/mol. The zero-order valence-electron chi connectivity index (χ0n) is 18.1. The van der Waals surface area contributed by atoms with Crippen LogP contribution < -0.4 is 14.8 Å². The molecular weight excluding hydrogens is 432 g/mol. The molecule has 31 heavy (non-hydrogen) atoms. The third kappa shape index (κ3) is 6.48. The summed E-state index contributed by atoms with van der Waals surface area (Å²) in [4.78, 5) is 14.9. The van der Waals surface area contributed by atoms with Crippen LogP contribution in [-0.2, 0) is 14.8 Å². The van der Waals surface area contributed by atoms with Crippen molar-refractivity contribution >= 4 is 33.4 Å². The van der Waals surface area contributed by atoms with E-state index in [9.17, 15) is 13.2 Å². The highest BCUT2D eigenvalue weighted by molar-refractivity contribution is 7.99. The van der Waals surface area contributed by atoms with Gasteiger partial charge in [-0.05, 0) is 69.9 Å². The summed E-state index contributed by atoms with van der Waals surface area (Å²) >= 11 is 1.57. The molecule has 168 valence electrons. The molecule has 0 aromatic heterocycles. The van der Waals surface area contributed by atoms with Crippen LogP contribution in [0.2, 0.25) is 0 Å². The third-order valence-corrected chi connectivity index (χ3v) is 8.44. The molecule has 6 nitrogen and oxygen atoms in total. The van der Waals surface area contributed by atoms with Gasteiger partial charge in [0.1, 0.15) is 5.75 Å². The maximum atomic E-state index is 12.9. The smallest absolute Gasteiger partial charge is 0.227 e. The number of ether oxygens (including phenoxy) is 1. The van der Waals surface area contributed by atoms with Crippen LogP contribution in [0.25, 0.3) is 0 Å². The molecule has 0 atom stereocenters. The van der Waals surface area contributed by atoms with E-state index in [0.717, 1.165) is 21.2 Å². The van der Waals surface area contributed by atoms with E-state index in [0.29, 0.717) is 25.7 Å². The van der Waals surface area contributed by atoms with Crippen LogP contribution in [0.5, 0.6) is 5.75 Å². The Balaban J connectivity index is 1.64. The highest BCUT2D eigenvalue weighted by Crippen LogP contribution is 2.37. The molecule has 1 amide bonds. The van der Waals surface area contributed by atoms with Crippen molar-refractivity contribution in [3.63, 3.8) is 0 Å². The second-order valence-corrected chi connectivity index (χ2v) is 11.4. The zero-order valence-corrected chi connectivity index (χ0v) is 19.8. The van der Waals surface area contributed by atoms with Crippen molar-refractivity contribution in [2.45, 2.75) is 60.6 Å². The largest absolute Gasteiger partial charge is 0.497 e. The number of nitrogens with one attached hydrogen (secondary N) is 2. The van der Waals surface area contributed by atoms with E-state index in [4.69, 9.17) is 4.74 Å². The van der Waals surface area contributed by atoms with Crippen LogP contribution in [0, 0.1) is 5.92 Å². The Bertz CT molecular complexity index is 986. The maximum Gasteiger partial charge on any atom is 0.227 e. The first-order valence-corrected chi connectivity index (χ1v) is 12.9. The molecule has 2 aromatic carbocycles. The van der Waals surface area contributed by atoms with Crippen LogP contribution in [-0.4, -0.2) is 32.7 Å². The molecule has 0 heterocycles. The number of hydrogen-bond donors (Lipinski definition) is 2.